The molecular formula is C11H13N. The topological polar surface area (TPSA) is 26.0 Å². The summed E-state index contributed by atoms with van der Waals surface area (Å²) in [6.45, 7) is 3.74. The molecule has 0 aliphatic heterocycles. The molecule has 62 valence electrons. The standard InChI is InChI=1S/C11H13N/c1-2-8-3-5-10-9(7-8)4-6-11(10)12/h2-3,5,7,11H,1,4,6,12H2/t11-/m1/s1. The van der Waals surface area contributed by atoms with E-state index in [0.29, 0.717) is 0 Å². The Kier molecular flexibility index (Phi) is 1.74. The Morgan fingerprint density at radius 1 is 1.50 bits per heavy atom. The third-order valence-electron chi connectivity index (χ3n) is 2.53. The zero-order chi connectivity index (χ0) is 8.55. The molecule has 0 aromatic heterocycles. The van der Waals surface area contributed by atoms with Crippen molar-refractivity contribution in [2.24, 2.45) is 5.73 Å². The summed E-state index contributed by atoms with van der Waals surface area (Å²) in [6, 6.07) is 6.66. The molecule has 1 nitrogen and oxygen atoms in total. The fraction of sp³-hybridized carbons (Fsp3) is 0.273. The predicted octanol–water partition coefficient (Wildman–Crippen LogP) is 2.28. The van der Waals surface area contributed by atoms with Crippen molar-refractivity contribution in [3.05, 3.63) is 41.5 Å². The van der Waals surface area contributed by atoms with E-state index in [1.54, 1.807) is 0 Å². The number of rotatable bonds is 1. The average Bonchev–Trinajstić information content (AvgIpc) is 2.47. The van der Waals surface area contributed by atoms with E-state index in [1.807, 2.05) is 6.08 Å². The zero-order valence-corrected chi connectivity index (χ0v) is 7.09. The van der Waals surface area contributed by atoms with Crippen molar-refractivity contribution in [3.8, 4) is 0 Å². The average molecular weight is 159 g/mol. The monoisotopic (exact) mass is 159 g/mol. The molecule has 1 aromatic carbocycles. The van der Waals surface area contributed by atoms with Gasteiger partial charge in [-0.1, -0.05) is 30.9 Å². The van der Waals surface area contributed by atoms with E-state index < -0.39 is 0 Å². The summed E-state index contributed by atoms with van der Waals surface area (Å²) in [5, 5.41) is 0. The second-order valence-corrected chi connectivity index (χ2v) is 3.31. The van der Waals surface area contributed by atoms with Crippen LogP contribution in [0.3, 0.4) is 0 Å². The Labute approximate surface area is 72.9 Å². The van der Waals surface area contributed by atoms with Gasteiger partial charge in [-0.15, -0.1) is 0 Å². The van der Waals surface area contributed by atoms with Crippen LogP contribution >= 0.6 is 0 Å². The first-order chi connectivity index (χ1) is 5.81. The smallest absolute Gasteiger partial charge is 0.0300 e. The Morgan fingerprint density at radius 3 is 3.08 bits per heavy atom. The lowest BCUT2D eigenvalue weighted by atomic mass is 10.1. The Bertz CT molecular complexity index is 315. The fourth-order valence-electron chi connectivity index (χ4n) is 1.80. The largest absolute Gasteiger partial charge is 0.324 e. The van der Waals surface area contributed by atoms with E-state index in [4.69, 9.17) is 5.73 Å². The maximum absolute atomic E-state index is 5.91. The number of hydrogen-bond donors (Lipinski definition) is 1. The molecule has 0 saturated carbocycles. The molecule has 1 atom stereocenters. The lowest BCUT2D eigenvalue weighted by Gasteiger charge is -2.04. The molecule has 0 radical (unpaired) electrons. The van der Waals surface area contributed by atoms with Crippen molar-refractivity contribution in [3.63, 3.8) is 0 Å². The number of hydrogen-bond acceptors (Lipinski definition) is 1. The highest BCUT2D eigenvalue weighted by Gasteiger charge is 2.17. The van der Waals surface area contributed by atoms with Gasteiger partial charge in [0.15, 0.2) is 0 Å². The van der Waals surface area contributed by atoms with Crippen LogP contribution in [0.5, 0.6) is 0 Å². The summed E-state index contributed by atoms with van der Waals surface area (Å²) < 4.78 is 0. The highest BCUT2D eigenvalue weighted by atomic mass is 14.6. The second kappa shape index (κ2) is 2.76. The van der Waals surface area contributed by atoms with Crippen molar-refractivity contribution >= 4 is 6.08 Å². The van der Waals surface area contributed by atoms with Gasteiger partial charge >= 0.3 is 0 Å². The third kappa shape index (κ3) is 1.07. The molecule has 0 heterocycles. The molecule has 12 heavy (non-hydrogen) atoms. The van der Waals surface area contributed by atoms with Crippen LogP contribution in [0, 0.1) is 0 Å². The summed E-state index contributed by atoms with van der Waals surface area (Å²) >= 11 is 0. The molecule has 1 aromatic rings. The number of benzene rings is 1. The summed E-state index contributed by atoms with van der Waals surface area (Å²) in [5.41, 5.74) is 9.83. The second-order valence-electron chi connectivity index (χ2n) is 3.31. The summed E-state index contributed by atoms with van der Waals surface area (Å²) in [5.74, 6) is 0. The van der Waals surface area contributed by atoms with Gasteiger partial charge in [0.05, 0.1) is 0 Å². The highest BCUT2D eigenvalue weighted by molar-refractivity contribution is 5.51. The van der Waals surface area contributed by atoms with Crippen molar-refractivity contribution in [2.75, 3.05) is 0 Å². The van der Waals surface area contributed by atoms with Gasteiger partial charge in [-0.3, -0.25) is 0 Å². The molecule has 0 spiro atoms. The Hall–Kier alpha value is -1.08. The van der Waals surface area contributed by atoms with E-state index in [9.17, 15) is 0 Å². The Balaban J connectivity index is 2.48. The van der Waals surface area contributed by atoms with Crippen LogP contribution in [-0.2, 0) is 6.42 Å². The minimum absolute atomic E-state index is 0.263. The Morgan fingerprint density at radius 2 is 2.33 bits per heavy atom. The lowest BCUT2D eigenvalue weighted by Crippen LogP contribution is -2.04. The maximum Gasteiger partial charge on any atom is 0.0300 e. The van der Waals surface area contributed by atoms with Gasteiger partial charge in [0, 0.05) is 6.04 Å². The van der Waals surface area contributed by atoms with Crippen LogP contribution in [-0.4, -0.2) is 0 Å². The fourth-order valence-corrected chi connectivity index (χ4v) is 1.80. The van der Waals surface area contributed by atoms with Gasteiger partial charge in [-0.05, 0) is 29.5 Å². The molecule has 0 amide bonds. The van der Waals surface area contributed by atoms with Gasteiger partial charge in [0.25, 0.3) is 0 Å². The molecule has 0 saturated heterocycles. The number of nitrogens with two attached hydrogens (primary N) is 1. The van der Waals surface area contributed by atoms with Gasteiger partial charge < -0.3 is 5.73 Å². The normalized spacial score (nSPS) is 20.6. The SMILES string of the molecule is C=Cc1ccc2c(c1)CC[C@H]2N. The van der Waals surface area contributed by atoms with Crippen LogP contribution in [0.25, 0.3) is 6.08 Å². The van der Waals surface area contributed by atoms with Crippen molar-refractivity contribution in [2.45, 2.75) is 18.9 Å². The van der Waals surface area contributed by atoms with Crippen LogP contribution in [0.1, 0.15) is 29.2 Å². The minimum atomic E-state index is 0.263. The predicted molar refractivity (Wildman–Crippen MR) is 51.8 cm³/mol. The molecule has 1 heteroatoms. The lowest BCUT2D eigenvalue weighted by molar-refractivity contribution is 0.713. The highest BCUT2D eigenvalue weighted by Crippen LogP contribution is 2.29. The molecule has 0 bridgehead atoms. The quantitative estimate of drug-likeness (QED) is 0.668. The molecule has 2 rings (SSSR count). The van der Waals surface area contributed by atoms with Gasteiger partial charge in [-0.25, -0.2) is 0 Å². The van der Waals surface area contributed by atoms with Crippen LogP contribution in [0.4, 0.5) is 0 Å². The summed E-state index contributed by atoms with van der Waals surface area (Å²) in [7, 11) is 0. The van der Waals surface area contributed by atoms with E-state index in [1.165, 1.54) is 16.7 Å². The summed E-state index contributed by atoms with van der Waals surface area (Å²) in [4.78, 5) is 0. The van der Waals surface area contributed by atoms with Gasteiger partial charge in [-0.2, -0.15) is 0 Å². The third-order valence-corrected chi connectivity index (χ3v) is 2.53. The molecule has 0 fully saturated rings. The first-order valence-corrected chi connectivity index (χ1v) is 4.32. The van der Waals surface area contributed by atoms with E-state index in [2.05, 4.69) is 24.8 Å². The molecule has 2 N–H and O–H groups in total. The molecule has 0 unspecified atom stereocenters. The molecule has 1 aliphatic rings. The minimum Gasteiger partial charge on any atom is -0.324 e. The zero-order valence-electron chi connectivity index (χ0n) is 7.09. The van der Waals surface area contributed by atoms with Crippen LogP contribution in [0.2, 0.25) is 0 Å². The van der Waals surface area contributed by atoms with Crippen molar-refractivity contribution < 1.29 is 0 Å². The van der Waals surface area contributed by atoms with E-state index in [0.717, 1.165) is 12.8 Å². The first-order valence-electron chi connectivity index (χ1n) is 4.32. The molecule has 1 aliphatic carbocycles. The van der Waals surface area contributed by atoms with Crippen LogP contribution in [0.15, 0.2) is 24.8 Å². The van der Waals surface area contributed by atoms with Crippen LogP contribution < -0.4 is 5.73 Å². The van der Waals surface area contributed by atoms with E-state index in [-0.39, 0.29) is 6.04 Å². The first kappa shape index (κ1) is 7.56. The van der Waals surface area contributed by atoms with Gasteiger partial charge in [0.2, 0.25) is 0 Å². The van der Waals surface area contributed by atoms with Gasteiger partial charge in [0.1, 0.15) is 0 Å². The van der Waals surface area contributed by atoms with E-state index >= 15 is 0 Å². The maximum atomic E-state index is 5.91. The van der Waals surface area contributed by atoms with Crippen molar-refractivity contribution in [1.82, 2.24) is 0 Å². The molecular weight excluding hydrogens is 146 g/mol. The number of fused-ring (bicyclic) bond motifs is 1. The number of aryl methyl sites for hydroxylation is 1. The van der Waals surface area contributed by atoms with Crippen molar-refractivity contribution in [1.29, 1.82) is 0 Å². The summed E-state index contributed by atoms with van der Waals surface area (Å²) in [6.07, 6.45) is 4.10.